The van der Waals surface area contributed by atoms with Crippen molar-refractivity contribution < 1.29 is 14.3 Å². The number of carbonyl (C=O) groups excluding carboxylic acids is 2. The van der Waals surface area contributed by atoms with E-state index in [1.165, 1.54) is 3.57 Å². The molecule has 0 fully saturated rings. The van der Waals surface area contributed by atoms with Crippen LogP contribution in [0.15, 0.2) is 12.1 Å². The van der Waals surface area contributed by atoms with Crippen LogP contribution in [0.3, 0.4) is 0 Å². The van der Waals surface area contributed by atoms with E-state index in [1.807, 2.05) is 20.8 Å². The van der Waals surface area contributed by atoms with Gasteiger partial charge in [0.25, 0.3) is 0 Å². The summed E-state index contributed by atoms with van der Waals surface area (Å²) in [6.07, 6.45) is 1.43. The Morgan fingerprint density at radius 2 is 1.81 bits per heavy atom. The Balaban J connectivity index is 2.57. The summed E-state index contributed by atoms with van der Waals surface area (Å²) in [4.78, 5) is 23.7. The van der Waals surface area contributed by atoms with Crippen molar-refractivity contribution in [3.8, 4) is 0 Å². The van der Waals surface area contributed by atoms with Gasteiger partial charge >= 0.3 is 5.97 Å². The summed E-state index contributed by atoms with van der Waals surface area (Å²) in [6, 6.07) is 4.19. The highest BCUT2D eigenvalue weighted by molar-refractivity contribution is 14.1. The Kier molecular flexibility index (Phi) is 7.35. The molecule has 0 aliphatic rings. The zero-order valence-corrected chi connectivity index (χ0v) is 15.3. The molecule has 4 heteroatoms. The lowest BCUT2D eigenvalue weighted by molar-refractivity contribution is -0.147. The molecule has 0 aliphatic carbocycles. The van der Waals surface area contributed by atoms with Crippen molar-refractivity contribution >= 4 is 34.3 Å². The first-order valence-electron chi connectivity index (χ1n) is 7.29. The van der Waals surface area contributed by atoms with E-state index in [9.17, 15) is 9.59 Å². The number of hydrogen-bond donors (Lipinski definition) is 0. The third-order valence-corrected chi connectivity index (χ3v) is 4.20. The molecule has 21 heavy (non-hydrogen) atoms. The number of halogens is 1. The molecule has 0 saturated heterocycles. The van der Waals surface area contributed by atoms with E-state index in [4.69, 9.17) is 4.74 Å². The molecular formula is C17H23IO3. The van der Waals surface area contributed by atoms with E-state index in [1.54, 1.807) is 6.92 Å². The zero-order valence-electron chi connectivity index (χ0n) is 13.2. The highest BCUT2D eigenvalue weighted by Gasteiger charge is 2.16. The van der Waals surface area contributed by atoms with E-state index in [0.29, 0.717) is 25.9 Å². The van der Waals surface area contributed by atoms with Gasteiger partial charge in [0.05, 0.1) is 12.5 Å². The zero-order chi connectivity index (χ0) is 16.0. The maximum absolute atomic E-state index is 12.1. The minimum absolute atomic E-state index is 0.179. The van der Waals surface area contributed by atoms with Crippen LogP contribution in [0.25, 0.3) is 0 Å². The normalized spacial score (nSPS) is 12.0. The van der Waals surface area contributed by atoms with Gasteiger partial charge < -0.3 is 4.74 Å². The Morgan fingerprint density at radius 1 is 1.24 bits per heavy atom. The molecule has 1 atom stereocenters. The smallest absolute Gasteiger partial charge is 0.308 e. The van der Waals surface area contributed by atoms with Crippen LogP contribution in [0.2, 0.25) is 0 Å². The van der Waals surface area contributed by atoms with Crippen LogP contribution in [0.5, 0.6) is 0 Å². The molecule has 0 spiro atoms. The van der Waals surface area contributed by atoms with E-state index in [-0.39, 0.29) is 17.7 Å². The van der Waals surface area contributed by atoms with E-state index in [2.05, 4.69) is 34.7 Å². The molecule has 0 aliphatic heterocycles. The number of ketones is 1. The first-order chi connectivity index (χ1) is 9.85. The predicted molar refractivity (Wildman–Crippen MR) is 92.4 cm³/mol. The van der Waals surface area contributed by atoms with Crippen molar-refractivity contribution in [2.75, 3.05) is 6.61 Å². The first kappa shape index (κ1) is 18.1. The number of aryl methyl sites for hydroxylation is 2. The number of rotatable bonds is 7. The van der Waals surface area contributed by atoms with Gasteiger partial charge in [-0.3, -0.25) is 9.59 Å². The van der Waals surface area contributed by atoms with Crippen molar-refractivity contribution in [2.45, 2.75) is 47.0 Å². The second-order valence-electron chi connectivity index (χ2n) is 5.43. The lowest BCUT2D eigenvalue weighted by Crippen LogP contribution is -2.16. The number of esters is 1. The highest BCUT2D eigenvalue weighted by Crippen LogP contribution is 2.20. The van der Waals surface area contributed by atoms with E-state index >= 15 is 0 Å². The molecule has 0 amide bonds. The second-order valence-corrected chi connectivity index (χ2v) is 6.67. The third-order valence-electron chi connectivity index (χ3n) is 3.58. The fourth-order valence-corrected chi connectivity index (χ4v) is 3.22. The van der Waals surface area contributed by atoms with E-state index < -0.39 is 0 Å². The van der Waals surface area contributed by atoms with E-state index in [0.717, 1.165) is 16.7 Å². The van der Waals surface area contributed by atoms with Crippen molar-refractivity contribution in [3.63, 3.8) is 0 Å². The molecule has 1 aromatic rings. The maximum Gasteiger partial charge on any atom is 0.308 e. The van der Waals surface area contributed by atoms with Crippen LogP contribution >= 0.6 is 22.6 Å². The molecule has 1 rings (SSSR count). The molecule has 0 bridgehead atoms. The number of benzene rings is 1. The van der Waals surface area contributed by atoms with Gasteiger partial charge in [-0.25, -0.2) is 0 Å². The molecular weight excluding hydrogens is 379 g/mol. The maximum atomic E-state index is 12.1. The van der Waals surface area contributed by atoms with Crippen molar-refractivity contribution in [3.05, 3.63) is 32.4 Å². The van der Waals surface area contributed by atoms with Crippen LogP contribution in [-0.2, 0) is 20.7 Å². The average molecular weight is 402 g/mol. The molecule has 116 valence electrons. The van der Waals surface area contributed by atoms with Crippen molar-refractivity contribution in [1.29, 1.82) is 0 Å². The minimum atomic E-state index is -0.216. The van der Waals surface area contributed by atoms with Gasteiger partial charge in [0.2, 0.25) is 0 Å². The summed E-state index contributed by atoms with van der Waals surface area (Å²) in [5.74, 6) is -0.252. The van der Waals surface area contributed by atoms with Crippen LogP contribution < -0.4 is 0 Å². The van der Waals surface area contributed by atoms with Gasteiger partial charge in [0, 0.05) is 16.4 Å². The van der Waals surface area contributed by atoms with Gasteiger partial charge in [-0.2, -0.15) is 0 Å². The third kappa shape index (κ3) is 5.77. The quantitative estimate of drug-likeness (QED) is 0.512. The summed E-state index contributed by atoms with van der Waals surface area (Å²) in [5, 5.41) is 0. The predicted octanol–water partition coefficient (Wildman–Crippen LogP) is 4.00. The molecule has 0 unspecified atom stereocenters. The Labute approximate surface area is 140 Å². The summed E-state index contributed by atoms with van der Waals surface area (Å²) in [7, 11) is 0. The van der Waals surface area contributed by atoms with Gasteiger partial charge in [0.15, 0.2) is 0 Å². The summed E-state index contributed by atoms with van der Waals surface area (Å²) < 4.78 is 6.14. The van der Waals surface area contributed by atoms with Crippen molar-refractivity contribution in [2.24, 2.45) is 5.92 Å². The Morgan fingerprint density at radius 3 is 2.33 bits per heavy atom. The summed E-state index contributed by atoms with van der Waals surface area (Å²) in [5.41, 5.74) is 3.43. The molecule has 3 nitrogen and oxygen atoms in total. The van der Waals surface area contributed by atoms with Crippen LogP contribution in [-0.4, -0.2) is 18.4 Å². The highest BCUT2D eigenvalue weighted by atomic mass is 127. The van der Waals surface area contributed by atoms with Crippen LogP contribution in [0.4, 0.5) is 0 Å². The molecule has 0 radical (unpaired) electrons. The Hall–Kier alpha value is -0.910. The molecule has 0 N–H and O–H groups in total. The van der Waals surface area contributed by atoms with Crippen LogP contribution in [0.1, 0.15) is 43.4 Å². The van der Waals surface area contributed by atoms with Crippen LogP contribution in [0, 0.1) is 23.3 Å². The van der Waals surface area contributed by atoms with Gasteiger partial charge in [0.1, 0.15) is 5.78 Å². The number of ether oxygens (including phenoxy) is 1. The summed E-state index contributed by atoms with van der Waals surface area (Å²) >= 11 is 2.29. The van der Waals surface area contributed by atoms with Crippen molar-refractivity contribution in [1.82, 2.24) is 0 Å². The molecule has 0 heterocycles. The first-order valence-corrected chi connectivity index (χ1v) is 8.37. The second kappa shape index (κ2) is 8.51. The lowest BCUT2D eigenvalue weighted by atomic mass is 9.95. The lowest BCUT2D eigenvalue weighted by Gasteiger charge is -2.12. The van der Waals surface area contributed by atoms with Gasteiger partial charge in [-0.05, 0) is 78.6 Å². The molecule has 1 aromatic carbocycles. The average Bonchev–Trinajstić information content (AvgIpc) is 2.40. The number of hydrogen-bond acceptors (Lipinski definition) is 3. The Bertz CT molecular complexity index is 500. The van der Waals surface area contributed by atoms with Gasteiger partial charge in [-0.1, -0.05) is 6.92 Å². The fraction of sp³-hybridized carbons (Fsp3) is 0.529. The molecule has 0 aromatic heterocycles. The SMILES string of the molecule is CCOC(=O)[C@@H](C)CCC(=O)Cc1c(C)cc(I)cc1C. The fourth-order valence-electron chi connectivity index (χ4n) is 2.28. The van der Waals surface area contributed by atoms with Gasteiger partial charge in [-0.15, -0.1) is 0 Å². The minimum Gasteiger partial charge on any atom is -0.466 e. The topological polar surface area (TPSA) is 43.4 Å². The largest absolute Gasteiger partial charge is 0.466 e. The summed E-state index contributed by atoms with van der Waals surface area (Å²) in [6.45, 7) is 8.07. The molecule has 0 saturated carbocycles. The number of carbonyl (C=O) groups is 2. The monoisotopic (exact) mass is 402 g/mol. The standard InChI is InChI=1S/C17H23IO3/c1-5-21-17(20)11(2)6-7-15(19)10-16-12(3)8-14(18)9-13(16)4/h8-9,11H,5-7,10H2,1-4H3/t11-/m0/s1. The number of Topliss-reactive ketones (excluding diaryl/α,β-unsaturated/α-hetero) is 1.